The monoisotopic (exact) mass is 230 g/mol. The van der Waals surface area contributed by atoms with Crippen LogP contribution in [0.4, 0.5) is 5.69 Å². The third-order valence-electron chi connectivity index (χ3n) is 1.73. The highest BCUT2D eigenvalue weighted by molar-refractivity contribution is 6.39. The fraction of sp³-hybridized carbons (Fsp3) is 0.200. The lowest BCUT2D eigenvalue weighted by molar-refractivity contribution is 0.922. The number of likely N-dealkylation sites (N-methyl/N-ethyl adjacent to an activating group) is 1. The van der Waals surface area contributed by atoms with Crippen LogP contribution in [0.5, 0.6) is 0 Å². The molecule has 0 spiro atoms. The highest BCUT2D eigenvalue weighted by atomic mass is 35.5. The molecule has 0 atom stereocenters. The van der Waals surface area contributed by atoms with Crippen molar-refractivity contribution in [3.05, 3.63) is 33.8 Å². The van der Waals surface area contributed by atoms with Gasteiger partial charge in [-0.1, -0.05) is 35.4 Å². The molecule has 0 heterocycles. The molecule has 1 rings (SSSR count). The molecule has 0 bridgehead atoms. The zero-order valence-corrected chi connectivity index (χ0v) is 9.36. The van der Waals surface area contributed by atoms with Crippen LogP contribution in [-0.4, -0.2) is 13.6 Å². The lowest BCUT2D eigenvalue weighted by atomic mass is 10.2. The summed E-state index contributed by atoms with van der Waals surface area (Å²) in [4.78, 5) is 0. The van der Waals surface area contributed by atoms with Crippen LogP contribution in [0, 0.1) is 0 Å². The lowest BCUT2D eigenvalue weighted by Gasteiger charge is -2.02. The van der Waals surface area contributed by atoms with Gasteiger partial charge < -0.3 is 11.1 Å². The summed E-state index contributed by atoms with van der Waals surface area (Å²) in [6.07, 6.45) is 3.92. The maximum Gasteiger partial charge on any atom is 0.0693 e. The molecule has 0 aliphatic heterocycles. The molecule has 3 N–H and O–H groups in total. The maximum absolute atomic E-state index is 5.87. The van der Waals surface area contributed by atoms with Gasteiger partial charge in [-0.2, -0.15) is 0 Å². The Labute approximate surface area is 93.7 Å². The second-order valence-corrected chi connectivity index (χ2v) is 3.67. The number of anilines is 1. The molecule has 14 heavy (non-hydrogen) atoms. The molecular formula is C10H12Cl2N2. The van der Waals surface area contributed by atoms with Crippen LogP contribution < -0.4 is 11.1 Å². The third-order valence-corrected chi connectivity index (χ3v) is 2.36. The van der Waals surface area contributed by atoms with Gasteiger partial charge in [-0.05, 0) is 24.7 Å². The van der Waals surface area contributed by atoms with Crippen LogP contribution in [-0.2, 0) is 0 Å². The van der Waals surface area contributed by atoms with Crippen molar-refractivity contribution in [3.63, 3.8) is 0 Å². The Morgan fingerprint density at radius 2 is 1.93 bits per heavy atom. The number of hydrogen-bond acceptors (Lipinski definition) is 2. The first-order valence-electron chi connectivity index (χ1n) is 4.21. The molecule has 1 aromatic rings. The zero-order valence-electron chi connectivity index (χ0n) is 7.85. The molecule has 0 radical (unpaired) electrons. The molecule has 0 amide bonds. The number of nitrogen functional groups attached to an aromatic ring is 1. The van der Waals surface area contributed by atoms with E-state index in [0.717, 1.165) is 12.1 Å². The van der Waals surface area contributed by atoms with E-state index in [4.69, 9.17) is 28.9 Å². The first kappa shape index (κ1) is 11.4. The number of nitrogens with one attached hydrogen (secondary N) is 1. The van der Waals surface area contributed by atoms with Crippen molar-refractivity contribution in [2.75, 3.05) is 19.3 Å². The summed E-state index contributed by atoms with van der Waals surface area (Å²) < 4.78 is 0. The molecule has 1 aromatic carbocycles. The topological polar surface area (TPSA) is 38.0 Å². The van der Waals surface area contributed by atoms with Gasteiger partial charge >= 0.3 is 0 Å². The van der Waals surface area contributed by atoms with Crippen LogP contribution in [0.3, 0.4) is 0 Å². The Kier molecular flexibility index (Phi) is 4.26. The Bertz CT molecular complexity index is 325. The smallest absolute Gasteiger partial charge is 0.0693 e. The Balaban J connectivity index is 2.89. The zero-order chi connectivity index (χ0) is 10.6. The minimum absolute atomic E-state index is 0.430. The average molecular weight is 231 g/mol. The first-order valence-corrected chi connectivity index (χ1v) is 4.96. The lowest BCUT2D eigenvalue weighted by Crippen LogP contribution is -2.03. The molecule has 0 unspecified atom stereocenters. The van der Waals surface area contributed by atoms with Crippen molar-refractivity contribution in [1.29, 1.82) is 0 Å². The van der Waals surface area contributed by atoms with Gasteiger partial charge in [-0.25, -0.2) is 0 Å². The van der Waals surface area contributed by atoms with Gasteiger partial charge in [-0.15, -0.1) is 0 Å². The van der Waals surface area contributed by atoms with Crippen LogP contribution in [0.1, 0.15) is 5.56 Å². The van der Waals surface area contributed by atoms with E-state index < -0.39 is 0 Å². The molecule has 0 aliphatic carbocycles. The summed E-state index contributed by atoms with van der Waals surface area (Å²) in [6.45, 7) is 0.805. The number of nitrogens with two attached hydrogens (primary N) is 1. The van der Waals surface area contributed by atoms with E-state index in [1.165, 1.54) is 0 Å². The number of benzene rings is 1. The molecule has 0 fully saturated rings. The van der Waals surface area contributed by atoms with Gasteiger partial charge in [0.1, 0.15) is 0 Å². The number of halogens is 2. The fourth-order valence-corrected chi connectivity index (χ4v) is 1.52. The third kappa shape index (κ3) is 2.91. The average Bonchev–Trinajstić information content (AvgIpc) is 2.14. The largest absolute Gasteiger partial charge is 0.396 e. The molecule has 2 nitrogen and oxygen atoms in total. The van der Waals surface area contributed by atoms with Crippen molar-refractivity contribution in [3.8, 4) is 0 Å². The van der Waals surface area contributed by atoms with E-state index in [1.54, 1.807) is 12.1 Å². The Morgan fingerprint density at radius 3 is 2.43 bits per heavy atom. The number of rotatable bonds is 3. The van der Waals surface area contributed by atoms with E-state index in [0.29, 0.717) is 15.7 Å². The normalized spacial score (nSPS) is 11.1. The molecule has 4 heteroatoms. The van der Waals surface area contributed by atoms with E-state index >= 15 is 0 Å². The SMILES string of the molecule is CNCC=Cc1cc(Cl)c(N)c(Cl)c1. The summed E-state index contributed by atoms with van der Waals surface area (Å²) in [6, 6.07) is 3.57. The van der Waals surface area contributed by atoms with Gasteiger partial charge in [0.25, 0.3) is 0 Å². The van der Waals surface area contributed by atoms with Gasteiger partial charge in [0.2, 0.25) is 0 Å². The summed E-state index contributed by atoms with van der Waals surface area (Å²) in [5, 5.41) is 3.98. The summed E-state index contributed by atoms with van der Waals surface area (Å²) in [5.41, 5.74) is 6.98. The standard InChI is InChI=1S/C10H12Cl2N2/c1-14-4-2-3-7-5-8(11)10(13)9(12)6-7/h2-3,5-6,14H,4,13H2,1H3. The fourth-order valence-electron chi connectivity index (χ4n) is 1.01. The van der Waals surface area contributed by atoms with E-state index in [2.05, 4.69) is 5.32 Å². The van der Waals surface area contributed by atoms with Crippen molar-refractivity contribution in [2.24, 2.45) is 0 Å². The van der Waals surface area contributed by atoms with Crippen LogP contribution in [0.25, 0.3) is 6.08 Å². The van der Waals surface area contributed by atoms with Crippen molar-refractivity contribution in [2.45, 2.75) is 0 Å². The Morgan fingerprint density at radius 1 is 1.36 bits per heavy atom. The molecule has 0 aromatic heterocycles. The Hall–Kier alpha value is -0.700. The van der Waals surface area contributed by atoms with E-state index in [1.807, 2.05) is 19.2 Å². The van der Waals surface area contributed by atoms with Crippen LogP contribution >= 0.6 is 23.2 Å². The maximum atomic E-state index is 5.87. The van der Waals surface area contributed by atoms with Gasteiger partial charge in [-0.3, -0.25) is 0 Å². The van der Waals surface area contributed by atoms with Crippen molar-refractivity contribution >= 4 is 35.0 Å². The summed E-state index contributed by atoms with van der Waals surface area (Å²) in [5.74, 6) is 0. The summed E-state index contributed by atoms with van der Waals surface area (Å²) >= 11 is 11.7. The van der Waals surface area contributed by atoms with E-state index in [-0.39, 0.29) is 0 Å². The number of hydrogen-bond donors (Lipinski definition) is 2. The highest BCUT2D eigenvalue weighted by Gasteiger charge is 2.02. The molecular weight excluding hydrogens is 219 g/mol. The van der Waals surface area contributed by atoms with Gasteiger partial charge in [0.15, 0.2) is 0 Å². The van der Waals surface area contributed by atoms with Crippen molar-refractivity contribution in [1.82, 2.24) is 5.32 Å². The highest BCUT2D eigenvalue weighted by Crippen LogP contribution is 2.29. The molecule has 0 aliphatic rings. The second-order valence-electron chi connectivity index (χ2n) is 2.86. The minimum Gasteiger partial charge on any atom is -0.396 e. The predicted molar refractivity (Wildman–Crippen MR) is 63.8 cm³/mol. The minimum atomic E-state index is 0.430. The van der Waals surface area contributed by atoms with Crippen molar-refractivity contribution < 1.29 is 0 Å². The van der Waals surface area contributed by atoms with Gasteiger partial charge in [0, 0.05) is 6.54 Å². The first-order chi connectivity index (χ1) is 6.65. The van der Waals surface area contributed by atoms with Crippen LogP contribution in [0.2, 0.25) is 10.0 Å². The second kappa shape index (κ2) is 5.25. The molecule has 0 saturated heterocycles. The predicted octanol–water partition coefficient (Wildman–Crippen LogP) is 2.81. The summed E-state index contributed by atoms with van der Waals surface area (Å²) in [7, 11) is 1.88. The van der Waals surface area contributed by atoms with Gasteiger partial charge in [0.05, 0.1) is 15.7 Å². The van der Waals surface area contributed by atoms with E-state index in [9.17, 15) is 0 Å². The molecule has 0 saturated carbocycles. The van der Waals surface area contributed by atoms with Crippen LogP contribution in [0.15, 0.2) is 18.2 Å². The quantitative estimate of drug-likeness (QED) is 0.785. The molecule has 76 valence electrons.